The highest BCUT2D eigenvalue weighted by Crippen LogP contribution is 2.42. The van der Waals surface area contributed by atoms with Crippen LogP contribution in [0.15, 0.2) is 47.3 Å². The normalized spacial score (nSPS) is 16.0. The van der Waals surface area contributed by atoms with Crippen LogP contribution in [0.2, 0.25) is 0 Å². The summed E-state index contributed by atoms with van der Waals surface area (Å²) in [7, 11) is 3.44. The zero-order chi connectivity index (χ0) is 19.2. The third-order valence-corrected chi connectivity index (χ3v) is 5.82. The molecule has 1 aliphatic rings. The van der Waals surface area contributed by atoms with Crippen molar-refractivity contribution in [2.45, 2.75) is 31.1 Å². The molecule has 140 valence electrons. The molecule has 4 rings (SSSR count). The maximum Gasteiger partial charge on any atom is 0.328 e. The number of halogens is 1. The first-order valence-electron chi connectivity index (χ1n) is 9.15. The molecule has 0 aliphatic heterocycles. The van der Waals surface area contributed by atoms with Crippen molar-refractivity contribution in [3.05, 3.63) is 64.3 Å². The smallest absolute Gasteiger partial charge is 0.325 e. The fourth-order valence-corrected chi connectivity index (χ4v) is 4.23. The van der Waals surface area contributed by atoms with Crippen molar-refractivity contribution in [3.8, 4) is 0 Å². The van der Waals surface area contributed by atoms with Crippen LogP contribution in [-0.2, 0) is 24.3 Å². The Kier molecular flexibility index (Phi) is 4.13. The van der Waals surface area contributed by atoms with Gasteiger partial charge in [0, 0.05) is 19.8 Å². The first-order valence-corrected chi connectivity index (χ1v) is 9.15. The molecule has 1 saturated carbocycles. The van der Waals surface area contributed by atoms with E-state index in [9.17, 15) is 14.0 Å². The van der Waals surface area contributed by atoms with Crippen LogP contribution in [0, 0.1) is 5.82 Å². The van der Waals surface area contributed by atoms with Crippen LogP contribution in [0.4, 0.5) is 10.1 Å². The number of anilines is 1. The molecule has 3 aromatic rings. The molecule has 27 heavy (non-hydrogen) atoms. The molecular formula is C21H22FN3O2. The van der Waals surface area contributed by atoms with E-state index in [1.54, 1.807) is 35.4 Å². The number of imidazole rings is 1. The molecule has 1 aliphatic carbocycles. The summed E-state index contributed by atoms with van der Waals surface area (Å²) < 4.78 is 16.5. The highest BCUT2D eigenvalue weighted by Gasteiger charge is 2.42. The van der Waals surface area contributed by atoms with Gasteiger partial charge in [0.25, 0.3) is 0 Å². The highest BCUT2D eigenvalue weighted by molar-refractivity contribution is 6.00. The van der Waals surface area contributed by atoms with E-state index < -0.39 is 5.41 Å². The summed E-state index contributed by atoms with van der Waals surface area (Å²) >= 11 is 0. The molecule has 0 spiro atoms. The van der Waals surface area contributed by atoms with Crippen molar-refractivity contribution in [1.82, 2.24) is 9.13 Å². The molecule has 6 heteroatoms. The van der Waals surface area contributed by atoms with E-state index in [4.69, 9.17) is 0 Å². The van der Waals surface area contributed by atoms with Crippen molar-refractivity contribution < 1.29 is 9.18 Å². The van der Waals surface area contributed by atoms with E-state index in [2.05, 4.69) is 5.32 Å². The van der Waals surface area contributed by atoms with E-state index >= 15 is 0 Å². The van der Waals surface area contributed by atoms with Crippen molar-refractivity contribution in [1.29, 1.82) is 0 Å². The van der Waals surface area contributed by atoms with Crippen molar-refractivity contribution in [3.63, 3.8) is 0 Å². The number of hydrogen-bond acceptors (Lipinski definition) is 2. The fraction of sp³-hybridized carbons (Fsp3) is 0.333. The van der Waals surface area contributed by atoms with Crippen LogP contribution in [0.1, 0.15) is 31.2 Å². The van der Waals surface area contributed by atoms with Gasteiger partial charge in [0.2, 0.25) is 5.91 Å². The lowest BCUT2D eigenvalue weighted by Crippen LogP contribution is -2.38. The Morgan fingerprint density at radius 3 is 2.30 bits per heavy atom. The monoisotopic (exact) mass is 367 g/mol. The molecule has 0 unspecified atom stereocenters. The van der Waals surface area contributed by atoms with E-state index in [0.29, 0.717) is 5.69 Å². The number of amides is 1. The molecular weight excluding hydrogens is 345 g/mol. The standard InChI is InChI=1S/C21H22FN3O2/c1-24-17-10-9-16(13-18(17)25(2)20(24)27)23-19(26)21(11-3-4-12-21)14-5-7-15(22)8-6-14/h5-10,13H,3-4,11-12H2,1-2H3,(H,23,26). The number of aromatic nitrogens is 2. The minimum atomic E-state index is -0.634. The van der Waals surface area contributed by atoms with Gasteiger partial charge in [-0.3, -0.25) is 13.9 Å². The summed E-state index contributed by atoms with van der Waals surface area (Å²) in [5.74, 6) is -0.380. The van der Waals surface area contributed by atoms with Gasteiger partial charge >= 0.3 is 5.69 Å². The maximum absolute atomic E-state index is 13.3. The third kappa shape index (κ3) is 2.76. The van der Waals surface area contributed by atoms with Crippen molar-refractivity contribution in [2.24, 2.45) is 14.1 Å². The molecule has 1 aromatic heterocycles. The maximum atomic E-state index is 13.3. The molecule has 0 bridgehead atoms. The number of carbonyl (C=O) groups is 1. The second-order valence-corrected chi connectivity index (χ2v) is 7.35. The number of fused-ring (bicyclic) bond motifs is 1. The Labute approximate surface area is 156 Å². The summed E-state index contributed by atoms with van der Waals surface area (Å²) in [5.41, 5.74) is 2.35. The van der Waals surface area contributed by atoms with Gasteiger partial charge < -0.3 is 5.32 Å². The molecule has 1 amide bonds. The van der Waals surface area contributed by atoms with Gasteiger partial charge in [0.05, 0.1) is 16.4 Å². The van der Waals surface area contributed by atoms with Gasteiger partial charge in [-0.25, -0.2) is 9.18 Å². The predicted octanol–water partition coefficient (Wildman–Crippen LogP) is 3.47. The lowest BCUT2D eigenvalue weighted by Gasteiger charge is -2.28. The number of aryl methyl sites for hydroxylation is 2. The van der Waals surface area contributed by atoms with Crippen molar-refractivity contribution >= 4 is 22.6 Å². The first kappa shape index (κ1) is 17.5. The number of carbonyl (C=O) groups excluding carboxylic acids is 1. The van der Waals surface area contributed by atoms with Gasteiger partial charge in [-0.2, -0.15) is 0 Å². The topological polar surface area (TPSA) is 56.0 Å². The molecule has 1 fully saturated rings. The first-order chi connectivity index (χ1) is 12.9. The van der Waals surface area contributed by atoms with E-state index in [0.717, 1.165) is 42.3 Å². The van der Waals surface area contributed by atoms with Crippen LogP contribution in [0.5, 0.6) is 0 Å². The summed E-state index contributed by atoms with van der Waals surface area (Å²) in [6, 6.07) is 11.7. The van der Waals surface area contributed by atoms with Crippen LogP contribution in [-0.4, -0.2) is 15.0 Å². The Hall–Kier alpha value is -2.89. The second-order valence-electron chi connectivity index (χ2n) is 7.35. The number of nitrogens with zero attached hydrogens (tertiary/aromatic N) is 2. The Morgan fingerprint density at radius 1 is 1.00 bits per heavy atom. The zero-order valence-corrected chi connectivity index (χ0v) is 15.5. The highest BCUT2D eigenvalue weighted by atomic mass is 19.1. The van der Waals surface area contributed by atoms with Gasteiger partial charge in [-0.05, 0) is 48.7 Å². The van der Waals surface area contributed by atoms with Gasteiger partial charge in [0.1, 0.15) is 5.82 Å². The molecule has 1 heterocycles. The van der Waals surface area contributed by atoms with Crippen LogP contribution < -0.4 is 11.0 Å². The van der Waals surface area contributed by atoms with E-state index in [1.165, 1.54) is 12.1 Å². The predicted molar refractivity (Wildman–Crippen MR) is 103 cm³/mol. The summed E-state index contributed by atoms with van der Waals surface area (Å²) in [5, 5.41) is 3.03. The SMILES string of the molecule is Cn1c(=O)n(C)c2cc(NC(=O)C3(c4ccc(F)cc4)CCCC3)ccc21. The molecule has 1 N–H and O–H groups in total. The largest absolute Gasteiger partial charge is 0.328 e. The average molecular weight is 367 g/mol. The summed E-state index contributed by atoms with van der Waals surface area (Å²) in [4.78, 5) is 25.3. The van der Waals surface area contributed by atoms with E-state index in [1.807, 2.05) is 18.2 Å². The van der Waals surface area contributed by atoms with Gasteiger partial charge in [-0.1, -0.05) is 25.0 Å². The van der Waals surface area contributed by atoms with Crippen molar-refractivity contribution in [2.75, 3.05) is 5.32 Å². The summed E-state index contributed by atoms with van der Waals surface area (Å²) in [6.07, 6.45) is 3.43. The van der Waals surface area contributed by atoms with E-state index in [-0.39, 0.29) is 17.4 Å². The summed E-state index contributed by atoms with van der Waals surface area (Å²) in [6.45, 7) is 0. The quantitative estimate of drug-likeness (QED) is 0.771. The minimum Gasteiger partial charge on any atom is -0.325 e. The van der Waals surface area contributed by atoms with Gasteiger partial charge in [0.15, 0.2) is 0 Å². The lowest BCUT2D eigenvalue weighted by atomic mass is 9.78. The van der Waals surface area contributed by atoms with Crippen LogP contribution in [0.3, 0.4) is 0 Å². The molecule has 5 nitrogen and oxygen atoms in total. The molecule has 0 radical (unpaired) electrons. The fourth-order valence-electron chi connectivity index (χ4n) is 4.23. The number of hydrogen-bond donors (Lipinski definition) is 1. The number of rotatable bonds is 3. The Balaban J connectivity index is 1.69. The minimum absolute atomic E-state index is 0.0770. The van der Waals surface area contributed by atoms with Gasteiger partial charge in [-0.15, -0.1) is 0 Å². The molecule has 0 atom stereocenters. The average Bonchev–Trinajstić information content (AvgIpc) is 3.24. The second kappa shape index (κ2) is 6.37. The van der Waals surface area contributed by atoms with Crippen LogP contribution >= 0.6 is 0 Å². The number of benzene rings is 2. The molecule has 0 saturated heterocycles. The molecule has 2 aromatic carbocycles. The zero-order valence-electron chi connectivity index (χ0n) is 15.5. The lowest BCUT2D eigenvalue weighted by molar-refractivity contribution is -0.121. The van der Waals surface area contributed by atoms with Crippen LogP contribution in [0.25, 0.3) is 11.0 Å². The Bertz CT molecular complexity index is 1070. The third-order valence-electron chi connectivity index (χ3n) is 5.82. The number of nitrogens with one attached hydrogen (secondary N) is 1. The Morgan fingerprint density at radius 2 is 1.63 bits per heavy atom.